The summed E-state index contributed by atoms with van der Waals surface area (Å²) in [4.78, 5) is 5.53. The molecule has 0 radical (unpaired) electrons. The van der Waals surface area contributed by atoms with Crippen LogP contribution >= 0.6 is 0 Å². The summed E-state index contributed by atoms with van der Waals surface area (Å²) in [6.07, 6.45) is -0.792. The second kappa shape index (κ2) is 4.85. The number of nitrogen functional groups attached to an aromatic ring is 1. The standard InChI is InChI=1S/C9H13F2N3/c1-14(6-9(10)11)5-8-3-2-7(12)4-13-8/h2-4,9H,5-6,12H2,1H3. The molecule has 5 heteroatoms. The van der Waals surface area contributed by atoms with Gasteiger partial charge in [-0.25, -0.2) is 8.78 Å². The predicted octanol–water partition coefficient (Wildman–Crippen LogP) is 1.36. The maximum absolute atomic E-state index is 12.0. The van der Waals surface area contributed by atoms with Crippen LogP contribution in [0.2, 0.25) is 0 Å². The summed E-state index contributed by atoms with van der Waals surface area (Å²) in [7, 11) is 1.63. The van der Waals surface area contributed by atoms with Crippen molar-refractivity contribution < 1.29 is 8.78 Å². The normalized spacial score (nSPS) is 11.2. The molecule has 1 aromatic rings. The Morgan fingerprint density at radius 1 is 1.50 bits per heavy atom. The zero-order valence-electron chi connectivity index (χ0n) is 7.95. The average molecular weight is 201 g/mol. The number of pyridine rings is 1. The molecule has 0 bridgehead atoms. The Morgan fingerprint density at radius 2 is 2.21 bits per heavy atom. The lowest BCUT2D eigenvalue weighted by Gasteiger charge is -2.14. The highest BCUT2D eigenvalue weighted by molar-refractivity contribution is 5.34. The van der Waals surface area contributed by atoms with Crippen LogP contribution in [0, 0.1) is 0 Å². The van der Waals surface area contributed by atoms with Crippen molar-refractivity contribution in [2.75, 3.05) is 19.3 Å². The van der Waals surface area contributed by atoms with Crippen molar-refractivity contribution in [3.8, 4) is 0 Å². The van der Waals surface area contributed by atoms with Crippen LogP contribution in [-0.4, -0.2) is 29.9 Å². The molecule has 1 heterocycles. The zero-order valence-corrected chi connectivity index (χ0v) is 7.95. The van der Waals surface area contributed by atoms with E-state index in [1.807, 2.05) is 0 Å². The molecule has 2 N–H and O–H groups in total. The molecule has 0 saturated carbocycles. The van der Waals surface area contributed by atoms with Crippen LogP contribution in [0.5, 0.6) is 0 Å². The predicted molar refractivity (Wildman–Crippen MR) is 51.0 cm³/mol. The van der Waals surface area contributed by atoms with E-state index in [-0.39, 0.29) is 6.54 Å². The van der Waals surface area contributed by atoms with Gasteiger partial charge in [-0.1, -0.05) is 0 Å². The number of aromatic nitrogens is 1. The van der Waals surface area contributed by atoms with Crippen LogP contribution in [0.1, 0.15) is 5.69 Å². The Hall–Kier alpha value is -1.23. The third-order valence-corrected chi connectivity index (χ3v) is 1.73. The Labute approximate surface area is 81.5 Å². The minimum atomic E-state index is -2.31. The molecule has 0 aliphatic rings. The number of hydrogen-bond acceptors (Lipinski definition) is 3. The minimum Gasteiger partial charge on any atom is -0.397 e. The largest absolute Gasteiger partial charge is 0.397 e. The molecule has 14 heavy (non-hydrogen) atoms. The number of alkyl halides is 2. The Balaban J connectivity index is 2.47. The van der Waals surface area contributed by atoms with Gasteiger partial charge in [0, 0.05) is 6.54 Å². The Morgan fingerprint density at radius 3 is 2.71 bits per heavy atom. The van der Waals surface area contributed by atoms with Crippen molar-refractivity contribution in [2.24, 2.45) is 0 Å². The van der Waals surface area contributed by atoms with Crippen LogP contribution in [0.4, 0.5) is 14.5 Å². The third kappa shape index (κ3) is 3.66. The van der Waals surface area contributed by atoms with Gasteiger partial charge in [-0.05, 0) is 19.2 Å². The fourth-order valence-corrected chi connectivity index (χ4v) is 1.11. The molecule has 0 aliphatic carbocycles. The van der Waals surface area contributed by atoms with Crippen LogP contribution in [-0.2, 0) is 6.54 Å². The molecular formula is C9H13F2N3. The molecule has 0 fully saturated rings. The highest BCUT2D eigenvalue weighted by Crippen LogP contribution is 2.05. The van der Waals surface area contributed by atoms with Crippen LogP contribution in [0.15, 0.2) is 18.3 Å². The molecule has 0 aromatic carbocycles. The van der Waals surface area contributed by atoms with E-state index in [1.165, 1.54) is 11.1 Å². The minimum absolute atomic E-state index is 0.244. The smallest absolute Gasteiger partial charge is 0.251 e. The maximum Gasteiger partial charge on any atom is 0.251 e. The molecule has 0 aliphatic heterocycles. The van der Waals surface area contributed by atoms with E-state index in [2.05, 4.69) is 4.98 Å². The molecule has 0 atom stereocenters. The first-order chi connectivity index (χ1) is 6.58. The molecule has 0 unspecified atom stereocenters. The van der Waals surface area contributed by atoms with Gasteiger partial charge in [-0.2, -0.15) is 0 Å². The fourth-order valence-electron chi connectivity index (χ4n) is 1.11. The Kier molecular flexibility index (Phi) is 3.76. The summed E-state index contributed by atoms with van der Waals surface area (Å²) in [6, 6.07) is 3.44. The lowest BCUT2D eigenvalue weighted by atomic mass is 10.3. The molecule has 1 aromatic heterocycles. The van der Waals surface area contributed by atoms with Gasteiger partial charge in [-0.15, -0.1) is 0 Å². The molecule has 0 saturated heterocycles. The van der Waals surface area contributed by atoms with Crippen LogP contribution in [0.25, 0.3) is 0 Å². The molecule has 3 nitrogen and oxygen atoms in total. The van der Waals surface area contributed by atoms with Crippen molar-refractivity contribution in [3.05, 3.63) is 24.0 Å². The topological polar surface area (TPSA) is 42.1 Å². The van der Waals surface area contributed by atoms with Crippen molar-refractivity contribution in [2.45, 2.75) is 13.0 Å². The molecule has 78 valence electrons. The van der Waals surface area contributed by atoms with Crippen molar-refractivity contribution in [1.82, 2.24) is 9.88 Å². The van der Waals surface area contributed by atoms with Crippen molar-refractivity contribution in [3.63, 3.8) is 0 Å². The van der Waals surface area contributed by atoms with Gasteiger partial charge in [0.15, 0.2) is 0 Å². The fraction of sp³-hybridized carbons (Fsp3) is 0.444. The number of hydrogen-bond donors (Lipinski definition) is 1. The second-order valence-corrected chi connectivity index (χ2v) is 3.17. The van der Waals surface area contributed by atoms with E-state index in [0.29, 0.717) is 12.2 Å². The van der Waals surface area contributed by atoms with Gasteiger partial charge >= 0.3 is 0 Å². The summed E-state index contributed by atoms with van der Waals surface area (Å²) >= 11 is 0. The lowest BCUT2D eigenvalue weighted by molar-refractivity contribution is 0.0970. The quantitative estimate of drug-likeness (QED) is 0.799. The van der Waals surface area contributed by atoms with Gasteiger partial charge < -0.3 is 5.73 Å². The molecule has 0 amide bonds. The molecule has 1 rings (SSSR count). The highest BCUT2D eigenvalue weighted by Gasteiger charge is 2.08. The summed E-state index contributed by atoms with van der Waals surface area (Å²) in [5.41, 5.74) is 6.75. The van der Waals surface area contributed by atoms with E-state index in [1.54, 1.807) is 19.2 Å². The first-order valence-electron chi connectivity index (χ1n) is 4.25. The van der Waals surface area contributed by atoms with E-state index in [9.17, 15) is 8.78 Å². The number of nitrogens with zero attached hydrogens (tertiary/aromatic N) is 2. The summed E-state index contributed by atoms with van der Waals surface area (Å²) in [5.74, 6) is 0. The van der Waals surface area contributed by atoms with Gasteiger partial charge in [-0.3, -0.25) is 9.88 Å². The van der Waals surface area contributed by atoms with Gasteiger partial charge in [0.05, 0.1) is 24.1 Å². The maximum atomic E-state index is 12.0. The Bertz CT molecular complexity index is 274. The zero-order chi connectivity index (χ0) is 10.6. The van der Waals surface area contributed by atoms with Gasteiger partial charge in [0.25, 0.3) is 6.43 Å². The van der Waals surface area contributed by atoms with E-state index >= 15 is 0 Å². The van der Waals surface area contributed by atoms with Crippen molar-refractivity contribution >= 4 is 5.69 Å². The first-order valence-corrected chi connectivity index (χ1v) is 4.25. The van der Waals surface area contributed by atoms with E-state index in [4.69, 9.17) is 5.73 Å². The SMILES string of the molecule is CN(Cc1ccc(N)cn1)CC(F)F. The third-order valence-electron chi connectivity index (χ3n) is 1.73. The van der Waals surface area contributed by atoms with Gasteiger partial charge in [0.2, 0.25) is 0 Å². The number of rotatable bonds is 4. The van der Waals surface area contributed by atoms with Gasteiger partial charge in [0.1, 0.15) is 0 Å². The number of halogens is 2. The molecule has 0 spiro atoms. The monoisotopic (exact) mass is 201 g/mol. The van der Waals surface area contributed by atoms with Crippen molar-refractivity contribution in [1.29, 1.82) is 0 Å². The summed E-state index contributed by atoms with van der Waals surface area (Å²) < 4.78 is 23.9. The first kappa shape index (κ1) is 10.8. The highest BCUT2D eigenvalue weighted by atomic mass is 19.3. The van der Waals surface area contributed by atoms with E-state index in [0.717, 1.165) is 5.69 Å². The van der Waals surface area contributed by atoms with E-state index < -0.39 is 6.43 Å². The molecular weight excluding hydrogens is 188 g/mol. The number of nitrogens with two attached hydrogens (primary N) is 1. The average Bonchev–Trinajstić information content (AvgIpc) is 2.07. The number of anilines is 1. The lowest BCUT2D eigenvalue weighted by Crippen LogP contribution is -2.24. The van der Waals surface area contributed by atoms with Crippen LogP contribution < -0.4 is 5.73 Å². The summed E-state index contributed by atoms with van der Waals surface area (Å²) in [5, 5.41) is 0. The second-order valence-electron chi connectivity index (χ2n) is 3.17. The van der Waals surface area contributed by atoms with Crippen LogP contribution in [0.3, 0.4) is 0 Å². The summed E-state index contributed by atoms with van der Waals surface area (Å²) in [6.45, 7) is 0.163.